The van der Waals surface area contributed by atoms with Gasteiger partial charge in [-0.3, -0.25) is 4.79 Å². The first-order valence-electron chi connectivity index (χ1n) is 4.90. The van der Waals surface area contributed by atoms with Gasteiger partial charge in [0.2, 0.25) is 5.91 Å². The lowest BCUT2D eigenvalue weighted by Crippen LogP contribution is -2.43. The first-order valence-corrected chi connectivity index (χ1v) is 4.90. The van der Waals surface area contributed by atoms with Gasteiger partial charge in [0.15, 0.2) is 0 Å². The summed E-state index contributed by atoms with van der Waals surface area (Å²) in [5.41, 5.74) is 6.20. The van der Waals surface area contributed by atoms with Crippen LogP contribution >= 0.6 is 0 Å². The van der Waals surface area contributed by atoms with E-state index in [9.17, 15) is 9.18 Å². The van der Waals surface area contributed by atoms with Crippen LogP contribution in [-0.4, -0.2) is 35.6 Å². The number of halogens is 1. The van der Waals surface area contributed by atoms with Gasteiger partial charge < -0.3 is 15.7 Å². The minimum Gasteiger partial charge on any atom is -0.394 e. The Labute approximate surface area is 93.5 Å². The second-order valence-electron chi connectivity index (χ2n) is 3.61. The molecule has 1 atom stereocenters. The molecule has 1 aromatic rings. The van der Waals surface area contributed by atoms with E-state index >= 15 is 0 Å². The summed E-state index contributed by atoms with van der Waals surface area (Å²) in [5.74, 6) is -0.656. The molecule has 1 rings (SSSR count). The normalized spacial score (nSPS) is 12.2. The van der Waals surface area contributed by atoms with Crippen LogP contribution in [0.25, 0.3) is 0 Å². The molecular weight excluding hydrogens is 211 g/mol. The first-order chi connectivity index (χ1) is 7.54. The number of hydrogen-bond acceptors (Lipinski definition) is 3. The highest BCUT2D eigenvalue weighted by atomic mass is 19.1. The van der Waals surface area contributed by atoms with Crippen molar-refractivity contribution in [2.75, 3.05) is 13.7 Å². The molecule has 16 heavy (non-hydrogen) atoms. The number of amides is 1. The van der Waals surface area contributed by atoms with Crippen molar-refractivity contribution in [1.29, 1.82) is 0 Å². The third-order valence-corrected chi connectivity index (χ3v) is 2.22. The fraction of sp³-hybridized carbons (Fsp3) is 0.364. The van der Waals surface area contributed by atoms with Gasteiger partial charge in [0.05, 0.1) is 6.61 Å². The number of carbonyl (C=O) groups excluding carboxylic acids is 1. The summed E-state index contributed by atoms with van der Waals surface area (Å²) < 4.78 is 12.6. The van der Waals surface area contributed by atoms with Gasteiger partial charge in [-0.25, -0.2) is 4.39 Å². The summed E-state index contributed by atoms with van der Waals surface area (Å²) in [4.78, 5) is 12.9. The number of aliphatic hydroxyl groups is 1. The maximum absolute atomic E-state index is 12.6. The average Bonchev–Trinajstić information content (AvgIpc) is 2.30. The number of nitrogens with two attached hydrogens (primary N) is 1. The van der Waals surface area contributed by atoms with Crippen molar-refractivity contribution in [3.8, 4) is 0 Å². The molecule has 0 aromatic heterocycles. The molecule has 0 aliphatic rings. The highest BCUT2D eigenvalue weighted by Crippen LogP contribution is 2.06. The van der Waals surface area contributed by atoms with E-state index in [-0.39, 0.29) is 18.3 Å². The van der Waals surface area contributed by atoms with E-state index < -0.39 is 6.04 Å². The fourth-order valence-corrected chi connectivity index (χ4v) is 1.30. The number of benzene rings is 1. The molecule has 3 N–H and O–H groups in total. The van der Waals surface area contributed by atoms with Crippen LogP contribution in [0, 0.1) is 5.82 Å². The van der Waals surface area contributed by atoms with Crippen molar-refractivity contribution < 1.29 is 14.3 Å². The smallest absolute Gasteiger partial charge is 0.241 e. The van der Waals surface area contributed by atoms with Gasteiger partial charge in [-0.15, -0.1) is 0 Å². The molecule has 0 heterocycles. The largest absolute Gasteiger partial charge is 0.394 e. The van der Waals surface area contributed by atoms with Crippen molar-refractivity contribution in [1.82, 2.24) is 4.90 Å². The quantitative estimate of drug-likeness (QED) is 0.765. The second-order valence-corrected chi connectivity index (χ2v) is 3.61. The zero-order valence-corrected chi connectivity index (χ0v) is 9.06. The predicted molar refractivity (Wildman–Crippen MR) is 57.9 cm³/mol. The van der Waals surface area contributed by atoms with E-state index in [1.165, 1.54) is 17.0 Å². The topological polar surface area (TPSA) is 66.6 Å². The van der Waals surface area contributed by atoms with Crippen molar-refractivity contribution in [2.45, 2.75) is 12.6 Å². The summed E-state index contributed by atoms with van der Waals surface area (Å²) in [5, 5.41) is 8.73. The van der Waals surface area contributed by atoms with Crippen molar-refractivity contribution in [3.05, 3.63) is 35.6 Å². The molecule has 0 saturated heterocycles. The maximum Gasteiger partial charge on any atom is 0.241 e. The standard InChI is InChI=1S/C11H15FN2O2/c1-14(11(16)10(13)7-15)6-8-2-4-9(12)5-3-8/h2-5,10,15H,6-7,13H2,1H3. The number of rotatable bonds is 4. The van der Waals surface area contributed by atoms with Crippen LogP contribution in [0.2, 0.25) is 0 Å². The predicted octanol–water partition coefficient (Wildman–Crippen LogP) is 0.104. The molecular formula is C11H15FN2O2. The molecule has 0 fully saturated rings. The lowest BCUT2D eigenvalue weighted by molar-refractivity contribution is -0.132. The van der Waals surface area contributed by atoms with Crippen LogP contribution in [0.1, 0.15) is 5.56 Å². The fourth-order valence-electron chi connectivity index (χ4n) is 1.30. The summed E-state index contributed by atoms with van der Waals surface area (Å²) in [7, 11) is 1.58. The summed E-state index contributed by atoms with van der Waals surface area (Å²) in [6.07, 6.45) is 0. The van der Waals surface area contributed by atoms with Gasteiger partial charge in [0.1, 0.15) is 11.9 Å². The molecule has 0 aliphatic carbocycles. The molecule has 5 heteroatoms. The number of nitrogens with zero attached hydrogens (tertiary/aromatic N) is 1. The number of likely N-dealkylation sites (N-methyl/N-ethyl adjacent to an activating group) is 1. The van der Waals surface area contributed by atoms with E-state index in [4.69, 9.17) is 10.8 Å². The molecule has 1 amide bonds. The monoisotopic (exact) mass is 226 g/mol. The second kappa shape index (κ2) is 5.58. The van der Waals surface area contributed by atoms with Crippen molar-refractivity contribution in [3.63, 3.8) is 0 Å². The Balaban J connectivity index is 2.60. The van der Waals surface area contributed by atoms with Crippen LogP contribution in [0.3, 0.4) is 0 Å². The summed E-state index contributed by atoms with van der Waals surface area (Å²) in [6.45, 7) is -0.0423. The molecule has 0 spiro atoms. The molecule has 1 unspecified atom stereocenters. The van der Waals surface area contributed by atoms with E-state index in [0.29, 0.717) is 6.54 Å². The van der Waals surface area contributed by atoms with E-state index in [2.05, 4.69) is 0 Å². The van der Waals surface area contributed by atoms with Gasteiger partial charge in [0.25, 0.3) is 0 Å². The van der Waals surface area contributed by atoms with Gasteiger partial charge in [-0.1, -0.05) is 12.1 Å². The Morgan fingerprint density at radius 1 is 1.50 bits per heavy atom. The highest BCUT2D eigenvalue weighted by Gasteiger charge is 2.16. The Hall–Kier alpha value is -1.46. The van der Waals surface area contributed by atoms with E-state index in [1.807, 2.05) is 0 Å². The molecule has 0 saturated carbocycles. The molecule has 88 valence electrons. The third kappa shape index (κ3) is 3.29. The van der Waals surface area contributed by atoms with Crippen LogP contribution in [-0.2, 0) is 11.3 Å². The zero-order valence-electron chi connectivity index (χ0n) is 9.06. The third-order valence-electron chi connectivity index (χ3n) is 2.22. The minimum absolute atomic E-state index is 0.315. The van der Waals surface area contributed by atoms with Gasteiger partial charge >= 0.3 is 0 Å². The average molecular weight is 226 g/mol. The summed E-state index contributed by atoms with van der Waals surface area (Å²) >= 11 is 0. The Bertz CT molecular complexity index is 354. The van der Waals surface area contributed by atoms with Crippen molar-refractivity contribution >= 4 is 5.91 Å². The molecule has 0 aliphatic heterocycles. The van der Waals surface area contributed by atoms with Crippen LogP contribution in [0.4, 0.5) is 4.39 Å². The van der Waals surface area contributed by atoms with E-state index in [1.54, 1.807) is 19.2 Å². The Morgan fingerprint density at radius 3 is 2.56 bits per heavy atom. The molecule has 0 radical (unpaired) electrons. The van der Waals surface area contributed by atoms with Crippen LogP contribution in [0.15, 0.2) is 24.3 Å². The first kappa shape index (κ1) is 12.6. The SMILES string of the molecule is CN(Cc1ccc(F)cc1)C(=O)C(N)CO. The van der Waals surface area contributed by atoms with E-state index in [0.717, 1.165) is 5.56 Å². The number of hydrogen-bond donors (Lipinski definition) is 2. The Morgan fingerprint density at radius 2 is 2.06 bits per heavy atom. The van der Waals surface area contributed by atoms with Gasteiger partial charge in [-0.05, 0) is 17.7 Å². The zero-order chi connectivity index (χ0) is 12.1. The highest BCUT2D eigenvalue weighted by molar-refractivity contribution is 5.81. The number of aliphatic hydroxyl groups excluding tert-OH is 1. The number of carbonyl (C=O) groups is 1. The maximum atomic E-state index is 12.6. The molecule has 0 bridgehead atoms. The molecule has 4 nitrogen and oxygen atoms in total. The van der Waals surface area contributed by atoms with Crippen LogP contribution < -0.4 is 5.73 Å². The molecule has 1 aromatic carbocycles. The lowest BCUT2D eigenvalue weighted by Gasteiger charge is -2.20. The van der Waals surface area contributed by atoms with Gasteiger partial charge in [0, 0.05) is 13.6 Å². The minimum atomic E-state index is -0.898. The lowest BCUT2D eigenvalue weighted by atomic mass is 10.2. The summed E-state index contributed by atoms with van der Waals surface area (Å²) in [6, 6.07) is 4.97. The van der Waals surface area contributed by atoms with Crippen molar-refractivity contribution in [2.24, 2.45) is 5.73 Å². The Kier molecular flexibility index (Phi) is 4.39. The van der Waals surface area contributed by atoms with Gasteiger partial charge in [-0.2, -0.15) is 0 Å². The van der Waals surface area contributed by atoms with Crippen LogP contribution in [0.5, 0.6) is 0 Å².